The van der Waals surface area contributed by atoms with E-state index >= 15 is 0 Å². The first kappa shape index (κ1) is 13.0. The van der Waals surface area contributed by atoms with Gasteiger partial charge < -0.3 is 5.11 Å². The molecule has 0 spiro atoms. The van der Waals surface area contributed by atoms with Gasteiger partial charge >= 0.3 is 5.97 Å². The smallest absolute Gasteiger partial charge is 0.322 e. The van der Waals surface area contributed by atoms with Crippen molar-refractivity contribution in [2.45, 2.75) is 37.2 Å². The van der Waals surface area contributed by atoms with Gasteiger partial charge in [-0.1, -0.05) is 0 Å². The number of aliphatic carboxylic acids is 1. The third kappa shape index (κ3) is 2.13. The highest BCUT2D eigenvalue weighted by Gasteiger charge is 2.39. The van der Waals surface area contributed by atoms with Crippen LogP contribution >= 0.6 is 0 Å². The third-order valence-electron chi connectivity index (χ3n) is 3.03. The van der Waals surface area contributed by atoms with Crippen molar-refractivity contribution in [2.24, 2.45) is 0 Å². The molecule has 18 heavy (non-hydrogen) atoms. The topological polar surface area (TPSA) is 92.5 Å². The standard InChI is InChI=1S/C10H15N3O4S/c1-2-12-7-8(6-11-12)18(16,17)13-5-3-4-9(13)10(14)15/h6-7,9H,2-5H2,1H3,(H,14,15)/t9-/m0/s1. The molecular weight excluding hydrogens is 258 g/mol. The molecule has 1 aromatic rings. The molecule has 1 aliphatic rings. The first-order chi connectivity index (χ1) is 8.46. The summed E-state index contributed by atoms with van der Waals surface area (Å²) in [7, 11) is -3.75. The van der Waals surface area contributed by atoms with Crippen molar-refractivity contribution in [3.63, 3.8) is 0 Å². The number of aryl methyl sites for hydroxylation is 1. The second-order valence-corrected chi connectivity index (χ2v) is 6.03. The van der Waals surface area contributed by atoms with Gasteiger partial charge in [0.25, 0.3) is 0 Å². The van der Waals surface area contributed by atoms with Crippen LogP contribution in [0.25, 0.3) is 0 Å². The Morgan fingerprint density at radius 1 is 1.61 bits per heavy atom. The summed E-state index contributed by atoms with van der Waals surface area (Å²) in [6, 6.07) is -0.958. The Labute approximate surface area is 105 Å². The van der Waals surface area contributed by atoms with E-state index in [9.17, 15) is 13.2 Å². The zero-order valence-electron chi connectivity index (χ0n) is 9.98. The molecule has 0 bridgehead atoms. The Balaban J connectivity index is 2.33. The van der Waals surface area contributed by atoms with Crippen LogP contribution in [0.4, 0.5) is 0 Å². The van der Waals surface area contributed by atoms with Crippen LogP contribution in [0.3, 0.4) is 0 Å². The lowest BCUT2D eigenvalue weighted by Gasteiger charge is -2.19. The highest BCUT2D eigenvalue weighted by atomic mass is 32.2. The van der Waals surface area contributed by atoms with Gasteiger partial charge in [0.1, 0.15) is 10.9 Å². The van der Waals surface area contributed by atoms with Crippen molar-refractivity contribution in [1.29, 1.82) is 0 Å². The van der Waals surface area contributed by atoms with Crippen LogP contribution in [0.1, 0.15) is 19.8 Å². The molecule has 1 N–H and O–H groups in total. The number of hydrogen-bond donors (Lipinski definition) is 1. The van der Waals surface area contributed by atoms with Gasteiger partial charge in [-0.25, -0.2) is 8.42 Å². The molecule has 1 saturated heterocycles. The molecule has 100 valence electrons. The highest BCUT2D eigenvalue weighted by Crippen LogP contribution is 2.25. The summed E-state index contributed by atoms with van der Waals surface area (Å²) in [6.45, 7) is 2.66. The molecule has 0 radical (unpaired) electrons. The van der Waals surface area contributed by atoms with Gasteiger partial charge in [0.2, 0.25) is 10.0 Å². The van der Waals surface area contributed by atoms with E-state index in [2.05, 4.69) is 5.10 Å². The summed E-state index contributed by atoms with van der Waals surface area (Å²) in [5, 5.41) is 12.9. The molecule has 7 nitrogen and oxygen atoms in total. The van der Waals surface area contributed by atoms with Gasteiger partial charge in [0.05, 0.1) is 6.20 Å². The van der Waals surface area contributed by atoms with Crippen LogP contribution in [0.15, 0.2) is 17.3 Å². The minimum atomic E-state index is -3.75. The SMILES string of the molecule is CCn1cc(S(=O)(=O)N2CCC[C@H]2C(=O)O)cn1. The van der Waals surface area contributed by atoms with Crippen LogP contribution < -0.4 is 0 Å². The van der Waals surface area contributed by atoms with Gasteiger partial charge in [0.15, 0.2) is 0 Å². The first-order valence-electron chi connectivity index (χ1n) is 5.74. The lowest BCUT2D eigenvalue weighted by molar-refractivity contribution is -0.140. The fraction of sp³-hybridized carbons (Fsp3) is 0.600. The summed E-state index contributed by atoms with van der Waals surface area (Å²) in [4.78, 5) is 11.1. The fourth-order valence-corrected chi connectivity index (χ4v) is 3.67. The molecule has 0 aliphatic carbocycles. The molecule has 8 heteroatoms. The van der Waals surface area contributed by atoms with Gasteiger partial charge in [-0.3, -0.25) is 9.48 Å². The van der Waals surface area contributed by atoms with Gasteiger partial charge in [-0.2, -0.15) is 9.40 Å². The summed E-state index contributed by atoms with van der Waals surface area (Å²) in [5.41, 5.74) is 0. The maximum absolute atomic E-state index is 12.3. The van der Waals surface area contributed by atoms with Gasteiger partial charge in [-0.15, -0.1) is 0 Å². The van der Waals surface area contributed by atoms with Crippen molar-refractivity contribution >= 4 is 16.0 Å². The largest absolute Gasteiger partial charge is 0.480 e. The molecule has 0 aromatic carbocycles. The number of hydrogen-bond acceptors (Lipinski definition) is 4. The zero-order chi connectivity index (χ0) is 13.3. The average molecular weight is 273 g/mol. The quantitative estimate of drug-likeness (QED) is 0.842. The van der Waals surface area contributed by atoms with Crippen molar-refractivity contribution in [2.75, 3.05) is 6.54 Å². The minimum Gasteiger partial charge on any atom is -0.480 e. The molecule has 2 rings (SSSR count). The zero-order valence-corrected chi connectivity index (χ0v) is 10.8. The number of carboxylic acid groups (broad SMARTS) is 1. The first-order valence-corrected chi connectivity index (χ1v) is 7.18. The second kappa shape index (κ2) is 4.69. The van der Waals surface area contributed by atoms with E-state index in [1.165, 1.54) is 17.1 Å². The number of aromatic nitrogens is 2. The third-order valence-corrected chi connectivity index (χ3v) is 4.89. The van der Waals surface area contributed by atoms with Crippen LogP contribution in [-0.2, 0) is 21.4 Å². The van der Waals surface area contributed by atoms with Crippen molar-refractivity contribution < 1.29 is 18.3 Å². The predicted molar refractivity (Wildman–Crippen MR) is 62.5 cm³/mol. The number of rotatable bonds is 4. The lowest BCUT2D eigenvalue weighted by atomic mass is 10.2. The van der Waals surface area contributed by atoms with E-state index in [0.29, 0.717) is 19.4 Å². The maximum atomic E-state index is 12.3. The maximum Gasteiger partial charge on any atom is 0.322 e. The number of sulfonamides is 1. The van der Waals surface area contributed by atoms with Gasteiger partial charge in [0, 0.05) is 19.3 Å². The molecule has 1 atom stereocenters. The van der Waals surface area contributed by atoms with Gasteiger partial charge in [-0.05, 0) is 19.8 Å². The Hall–Kier alpha value is -1.41. The van der Waals surface area contributed by atoms with E-state index in [1.54, 1.807) is 0 Å². The molecule has 2 heterocycles. The molecule has 1 aromatic heterocycles. The van der Waals surface area contributed by atoms with E-state index in [1.807, 2.05) is 6.92 Å². The molecular formula is C10H15N3O4S. The number of carbonyl (C=O) groups is 1. The highest BCUT2D eigenvalue weighted by molar-refractivity contribution is 7.89. The lowest BCUT2D eigenvalue weighted by Crippen LogP contribution is -2.40. The Bertz CT molecular complexity index is 551. The summed E-state index contributed by atoms with van der Waals surface area (Å²) < 4.78 is 27.1. The fourth-order valence-electron chi connectivity index (χ4n) is 2.06. The molecule has 0 unspecified atom stereocenters. The van der Waals surface area contributed by atoms with E-state index < -0.39 is 22.0 Å². The van der Waals surface area contributed by atoms with Crippen LogP contribution in [-0.4, -0.2) is 46.2 Å². The van der Waals surface area contributed by atoms with E-state index in [-0.39, 0.29) is 11.4 Å². The monoisotopic (exact) mass is 273 g/mol. The molecule has 0 amide bonds. The normalized spacial score (nSPS) is 21.3. The number of nitrogens with zero attached hydrogens (tertiary/aromatic N) is 3. The van der Waals surface area contributed by atoms with Crippen LogP contribution in [0.5, 0.6) is 0 Å². The van der Waals surface area contributed by atoms with E-state index in [4.69, 9.17) is 5.11 Å². The molecule has 0 saturated carbocycles. The summed E-state index contributed by atoms with van der Waals surface area (Å²) >= 11 is 0. The van der Waals surface area contributed by atoms with Crippen molar-refractivity contribution in [3.8, 4) is 0 Å². The van der Waals surface area contributed by atoms with Crippen LogP contribution in [0.2, 0.25) is 0 Å². The number of carboxylic acids is 1. The van der Waals surface area contributed by atoms with Crippen molar-refractivity contribution in [1.82, 2.24) is 14.1 Å². The summed E-state index contributed by atoms with van der Waals surface area (Å²) in [6.07, 6.45) is 3.61. The average Bonchev–Trinajstić information content (AvgIpc) is 2.98. The predicted octanol–water partition coefficient (Wildman–Crippen LogP) is 0.141. The Morgan fingerprint density at radius 2 is 2.33 bits per heavy atom. The Kier molecular flexibility index (Phi) is 3.40. The van der Waals surface area contributed by atoms with Crippen molar-refractivity contribution in [3.05, 3.63) is 12.4 Å². The Morgan fingerprint density at radius 3 is 2.89 bits per heavy atom. The minimum absolute atomic E-state index is 0.0532. The second-order valence-electron chi connectivity index (χ2n) is 4.14. The van der Waals surface area contributed by atoms with Crippen LogP contribution in [0, 0.1) is 0 Å². The van der Waals surface area contributed by atoms with E-state index in [0.717, 1.165) is 4.31 Å². The molecule has 1 aliphatic heterocycles. The molecule has 1 fully saturated rings. The summed E-state index contributed by atoms with van der Waals surface area (Å²) in [5.74, 6) is -1.10.